The van der Waals surface area contributed by atoms with E-state index in [-0.39, 0.29) is 17.4 Å². The van der Waals surface area contributed by atoms with Gasteiger partial charge in [-0.05, 0) is 17.7 Å². The lowest BCUT2D eigenvalue weighted by atomic mass is 10.2. The summed E-state index contributed by atoms with van der Waals surface area (Å²) < 4.78 is 34.1. The first kappa shape index (κ1) is 23.3. The summed E-state index contributed by atoms with van der Waals surface area (Å²) >= 11 is 1.36. The number of methoxy groups -OCH3 is 1. The lowest BCUT2D eigenvalue weighted by molar-refractivity contribution is -0.129. The number of nitrogens with zero attached hydrogens (tertiary/aromatic N) is 4. The summed E-state index contributed by atoms with van der Waals surface area (Å²) in [4.78, 5) is 18.9. The molecule has 1 fully saturated rings. The van der Waals surface area contributed by atoms with Gasteiger partial charge >= 0.3 is 0 Å². The lowest BCUT2D eigenvalue weighted by Gasteiger charge is -2.34. The number of carbonyl (C=O) groups excluding carboxylic acids is 1. The molecule has 33 heavy (non-hydrogen) atoms. The summed E-state index contributed by atoms with van der Waals surface area (Å²) in [5.41, 5.74) is 1.66. The van der Waals surface area contributed by atoms with Gasteiger partial charge in [0.25, 0.3) is 0 Å². The van der Waals surface area contributed by atoms with Crippen LogP contribution in [-0.4, -0.2) is 72.1 Å². The normalized spacial score (nSPS) is 14.9. The summed E-state index contributed by atoms with van der Waals surface area (Å²) in [5, 5.41) is 0.709. The molecule has 10 heteroatoms. The van der Waals surface area contributed by atoms with Crippen molar-refractivity contribution in [1.82, 2.24) is 18.8 Å². The fraction of sp³-hybridized carbons (Fsp3) is 0.304. The summed E-state index contributed by atoms with van der Waals surface area (Å²) in [7, 11) is -1.79. The Morgan fingerprint density at radius 2 is 1.82 bits per heavy atom. The quantitative estimate of drug-likeness (QED) is 0.455. The van der Waals surface area contributed by atoms with Crippen molar-refractivity contribution in [3.63, 3.8) is 0 Å². The molecule has 0 saturated carbocycles. The molecule has 0 aliphatic carbocycles. The van der Waals surface area contributed by atoms with Gasteiger partial charge in [0.1, 0.15) is 5.75 Å². The molecule has 0 unspecified atom stereocenters. The average molecular weight is 487 g/mol. The largest absolute Gasteiger partial charge is 0.497 e. The number of sulfonamides is 1. The molecule has 0 bridgehead atoms. The predicted octanol–water partition coefficient (Wildman–Crippen LogP) is 2.65. The van der Waals surface area contributed by atoms with Crippen LogP contribution in [0.2, 0.25) is 0 Å². The number of rotatable bonds is 8. The topological polar surface area (TPSA) is 84.7 Å². The number of thioether (sulfide) groups is 1. The number of amides is 1. The third kappa shape index (κ3) is 5.76. The van der Waals surface area contributed by atoms with Crippen molar-refractivity contribution in [1.29, 1.82) is 0 Å². The zero-order valence-electron chi connectivity index (χ0n) is 18.3. The zero-order valence-corrected chi connectivity index (χ0v) is 20.0. The van der Waals surface area contributed by atoms with Crippen molar-refractivity contribution in [3.05, 3.63) is 72.6 Å². The van der Waals surface area contributed by atoms with Crippen molar-refractivity contribution in [2.45, 2.75) is 10.9 Å². The number of ether oxygens (including phenoxy) is 1. The van der Waals surface area contributed by atoms with E-state index in [1.165, 1.54) is 16.1 Å². The van der Waals surface area contributed by atoms with Crippen LogP contribution in [0.15, 0.2) is 72.1 Å². The maximum atomic E-state index is 12.8. The van der Waals surface area contributed by atoms with E-state index in [1.54, 1.807) is 18.2 Å². The molecule has 0 atom stereocenters. The van der Waals surface area contributed by atoms with E-state index in [2.05, 4.69) is 4.98 Å². The second-order valence-corrected chi connectivity index (χ2v) is 10.5. The first-order chi connectivity index (χ1) is 16.0. The fourth-order valence-electron chi connectivity index (χ4n) is 3.66. The van der Waals surface area contributed by atoms with Gasteiger partial charge in [0.15, 0.2) is 5.16 Å². The predicted molar refractivity (Wildman–Crippen MR) is 128 cm³/mol. The van der Waals surface area contributed by atoms with Crippen LogP contribution in [0.5, 0.6) is 5.75 Å². The molecule has 1 aliphatic rings. The number of imidazole rings is 1. The van der Waals surface area contributed by atoms with Crippen molar-refractivity contribution < 1.29 is 17.9 Å². The number of piperazine rings is 1. The maximum absolute atomic E-state index is 12.8. The number of hydrogen-bond acceptors (Lipinski definition) is 6. The van der Waals surface area contributed by atoms with Gasteiger partial charge in [-0.1, -0.05) is 48.2 Å². The van der Waals surface area contributed by atoms with Gasteiger partial charge in [0.2, 0.25) is 15.9 Å². The van der Waals surface area contributed by atoms with Gasteiger partial charge in [-0.2, -0.15) is 4.31 Å². The second kappa shape index (κ2) is 10.4. The van der Waals surface area contributed by atoms with Crippen molar-refractivity contribution >= 4 is 27.7 Å². The lowest BCUT2D eigenvalue weighted by Crippen LogP contribution is -2.51. The molecule has 2 heterocycles. The third-order valence-electron chi connectivity index (χ3n) is 5.44. The van der Waals surface area contributed by atoms with Crippen LogP contribution in [0.1, 0.15) is 5.56 Å². The van der Waals surface area contributed by atoms with E-state index >= 15 is 0 Å². The van der Waals surface area contributed by atoms with Crippen LogP contribution < -0.4 is 4.74 Å². The molecule has 0 radical (unpaired) electrons. The van der Waals surface area contributed by atoms with Gasteiger partial charge in [-0.25, -0.2) is 13.4 Å². The standard InChI is InChI=1S/C23H26N4O4S2/c1-31-21-9-5-8-20(16-21)27-11-10-24-23(27)32-17-22(28)25-12-14-26(15-13-25)33(29,30)18-19-6-3-2-4-7-19/h2-11,16H,12-15,17-18H2,1H3. The molecule has 0 N–H and O–H groups in total. The zero-order chi connectivity index (χ0) is 23.3. The SMILES string of the molecule is COc1cccc(-n2ccnc2SCC(=O)N2CCN(S(=O)(=O)Cc3ccccc3)CC2)c1. The molecule has 1 amide bonds. The molecular formula is C23H26N4O4S2. The van der Waals surface area contributed by atoms with Crippen molar-refractivity contribution in [2.24, 2.45) is 0 Å². The van der Waals surface area contributed by atoms with Crippen LogP contribution in [0.3, 0.4) is 0 Å². The molecule has 1 aliphatic heterocycles. The van der Waals surface area contributed by atoms with Crippen molar-refractivity contribution in [3.8, 4) is 11.4 Å². The van der Waals surface area contributed by atoms with Gasteiger partial charge in [0.05, 0.1) is 24.3 Å². The smallest absolute Gasteiger partial charge is 0.233 e. The first-order valence-corrected chi connectivity index (χ1v) is 13.2. The van der Waals surface area contributed by atoms with Crippen LogP contribution in [0, 0.1) is 0 Å². The van der Waals surface area contributed by atoms with Crippen molar-refractivity contribution in [2.75, 3.05) is 39.0 Å². The summed E-state index contributed by atoms with van der Waals surface area (Å²) in [6, 6.07) is 16.8. The molecule has 2 aromatic carbocycles. The van der Waals surface area contributed by atoms with Crippen LogP contribution in [0.25, 0.3) is 5.69 Å². The molecule has 3 aromatic rings. The maximum Gasteiger partial charge on any atom is 0.233 e. The number of hydrogen-bond donors (Lipinski definition) is 0. The molecule has 8 nitrogen and oxygen atoms in total. The Labute approximate surface area is 198 Å². The summed E-state index contributed by atoms with van der Waals surface area (Å²) in [5.74, 6) is 0.927. The van der Waals surface area contributed by atoms with Gasteiger partial charge < -0.3 is 9.64 Å². The fourth-order valence-corrected chi connectivity index (χ4v) is 6.05. The Morgan fingerprint density at radius 1 is 1.06 bits per heavy atom. The van der Waals surface area contributed by atoms with Crippen LogP contribution >= 0.6 is 11.8 Å². The molecule has 174 valence electrons. The highest BCUT2D eigenvalue weighted by Gasteiger charge is 2.29. The molecule has 4 rings (SSSR count). The minimum absolute atomic E-state index is 0.0232. The van der Waals surface area contributed by atoms with Gasteiger partial charge in [-0.3, -0.25) is 9.36 Å². The Kier molecular flexibility index (Phi) is 7.36. The Bertz CT molecular complexity index is 1190. The number of benzene rings is 2. The van der Waals surface area contributed by atoms with Crippen LogP contribution in [0.4, 0.5) is 0 Å². The van der Waals surface area contributed by atoms with E-state index in [1.807, 2.05) is 65.4 Å². The minimum atomic E-state index is -3.41. The van der Waals surface area contributed by atoms with E-state index in [4.69, 9.17) is 4.74 Å². The Hall–Kier alpha value is -2.82. The molecule has 0 spiro atoms. The Morgan fingerprint density at radius 3 is 2.55 bits per heavy atom. The monoisotopic (exact) mass is 486 g/mol. The molecule has 1 aromatic heterocycles. The number of carbonyl (C=O) groups is 1. The highest BCUT2D eigenvalue weighted by atomic mass is 32.2. The number of aromatic nitrogens is 2. The first-order valence-electron chi connectivity index (χ1n) is 10.6. The summed E-state index contributed by atoms with van der Waals surface area (Å²) in [6.07, 6.45) is 3.54. The van der Waals surface area contributed by atoms with E-state index in [0.29, 0.717) is 31.3 Å². The van der Waals surface area contributed by atoms with E-state index in [0.717, 1.165) is 17.0 Å². The second-order valence-electron chi connectivity index (χ2n) is 7.59. The van der Waals surface area contributed by atoms with Gasteiger partial charge in [0, 0.05) is 44.6 Å². The van der Waals surface area contributed by atoms with E-state index in [9.17, 15) is 13.2 Å². The third-order valence-corrected chi connectivity index (χ3v) is 8.24. The van der Waals surface area contributed by atoms with Crippen LogP contribution in [-0.2, 0) is 20.6 Å². The highest BCUT2D eigenvalue weighted by molar-refractivity contribution is 7.99. The minimum Gasteiger partial charge on any atom is -0.497 e. The molecular weight excluding hydrogens is 460 g/mol. The highest BCUT2D eigenvalue weighted by Crippen LogP contribution is 2.24. The molecule has 1 saturated heterocycles. The summed E-state index contributed by atoms with van der Waals surface area (Å²) in [6.45, 7) is 1.39. The van der Waals surface area contributed by atoms with Gasteiger partial charge in [-0.15, -0.1) is 0 Å². The average Bonchev–Trinajstić information content (AvgIpc) is 3.32. The Balaban J connectivity index is 1.31. The van der Waals surface area contributed by atoms with E-state index < -0.39 is 10.0 Å².